The van der Waals surface area contributed by atoms with Crippen LogP contribution in [0.1, 0.15) is 19.4 Å². The first-order valence-corrected chi connectivity index (χ1v) is 5.59. The third-order valence-electron chi connectivity index (χ3n) is 2.06. The lowest BCUT2D eigenvalue weighted by molar-refractivity contribution is 0.351. The molecule has 0 spiro atoms. The number of hydrogen-bond donors (Lipinski definition) is 0. The van der Waals surface area contributed by atoms with Crippen LogP contribution in [0.3, 0.4) is 0 Å². The van der Waals surface area contributed by atoms with Crippen molar-refractivity contribution in [3.05, 3.63) is 29.3 Å². The molecule has 0 aliphatic heterocycles. The molecule has 0 aliphatic carbocycles. The van der Waals surface area contributed by atoms with Crippen molar-refractivity contribution < 1.29 is 9.47 Å². The molecule has 0 heterocycles. The monoisotopic (exact) mass is 240 g/mol. The summed E-state index contributed by atoms with van der Waals surface area (Å²) in [6, 6.07) is 5.57. The Balaban J connectivity index is 3.01. The molecule has 1 aromatic rings. The molecule has 1 rings (SSSR count). The highest BCUT2D eigenvalue weighted by Crippen LogP contribution is 2.27. The van der Waals surface area contributed by atoms with Crippen molar-refractivity contribution in [1.82, 2.24) is 0 Å². The fourth-order valence-corrected chi connectivity index (χ4v) is 1.40. The molecule has 2 heteroatoms. The van der Waals surface area contributed by atoms with Gasteiger partial charge >= 0.3 is 0 Å². The molecule has 0 fully saturated rings. The molecule has 0 radical (unpaired) electrons. The summed E-state index contributed by atoms with van der Waals surface area (Å²) >= 11 is 0. The van der Waals surface area contributed by atoms with E-state index in [1.54, 1.807) is 6.07 Å². The van der Waals surface area contributed by atoms with E-state index in [1.807, 2.05) is 32.1 Å². The van der Waals surface area contributed by atoms with Crippen molar-refractivity contribution in [3.63, 3.8) is 0 Å². The van der Waals surface area contributed by atoms with Crippen molar-refractivity contribution in [2.24, 2.45) is 0 Å². The summed E-state index contributed by atoms with van der Waals surface area (Å²) in [7, 11) is 0. The standard InChI is InChI=1S/C16H16O2/c1-5-9-17-15-8-7-14(11-13(3)4)16(12-15)18-10-6-2/h1-2,7-8,11-12H,9-10H2,3-4H3. The number of ether oxygens (including phenoxy) is 2. The molecule has 0 aliphatic rings. The van der Waals surface area contributed by atoms with Crippen molar-refractivity contribution in [1.29, 1.82) is 0 Å². The van der Waals surface area contributed by atoms with Crippen LogP contribution >= 0.6 is 0 Å². The SMILES string of the molecule is C#CCOc1ccc(C=C(C)C)c(OCC#C)c1. The average Bonchev–Trinajstić information content (AvgIpc) is 2.35. The Morgan fingerprint density at radius 3 is 2.44 bits per heavy atom. The van der Waals surface area contributed by atoms with Crippen molar-refractivity contribution in [2.45, 2.75) is 13.8 Å². The molecule has 2 nitrogen and oxygen atoms in total. The van der Waals surface area contributed by atoms with Gasteiger partial charge in [-0.25, -0.2) is 0 Å². The number of rotatable bonds is 5. The van der Waals surface area contributed by atoms with Gasteiger partial charge in [0.05, 0.1) is 0 Å². The van der Waals surface area contributed by atoms with E-state index in [9.17, 15) is 0 Å². The average molecular weight is 240 g/mol. The lowest BCUT2D eigenvalue weighted by atomic mass is 10.1. The second kappa shape index (κ2) is 7.09. The summed E-state index contributed by atoms with van der Waals surface area (Å²) in [6.45, 7) is 4.50. The van der Waals surface area contributed by atoms with Gasteiger partial charge in [-0.05, 0) is 26.0 Å². The van der Waals surface area contributed by atoms with Crippen molar-refractivity contribution >= 4 is 6.08 Å². The predicted molar refractivity (Wildman–Crippen MR) is 74.4 cm³/mol. The van der Waals surface area contributed by atoms with E-state index in [4.69, 9.17) is 22.3 Å². The first-order valence-electron chi connectivity index (χ1n) is 5.59. The highest BCUT2D eigenvalue weighted by atomic mass is 16.5. The van der Waals surface area contributed by atoms with Gasteiger partial charge in [0, 0.05) is 11.6 Å². The fourth-order valence-electron chi connectivity index (χ4n) is 1.40. The first-order chi connectivity index (χ1) is 8.67. The van der Waals surface area contributed by atoms with Gasteiger partial charge in [-0.1, -0.05) is 23.5 Å². The Labute approximate surface area is 109 Å². The largest absolute Gasteiger partial charge is 0.481 e. The third kappa shape index (κ3) is 4.28. The van der Waals surface area contributed by atoms with Gasteiger partial charge in [0.2, 0.25) is 0 Å². The predicted octanol–water partition coefficient (Wildman–Crippen LogP) is 3.13. The Morgan fingerprint density at radius 2 is 1.83 bits per heavy atom. The van der Waals surface area contributed by atoms with Crippen LogP contribution in [0.5, 0.6) is 11.5 Å². The van der Waals surface area contributed by atoms with E-state index in [0.29, 0.717) is 11.5 Å². The third-order valence-corrected chi connectivity index (χ3v) is 2.06. The molecular weight excluding hydrogens is 224 g/mol. The molecular formula is C16H16O2. The molecule has 0 amide bonds. The molecule has 0 aromatic heterocycles. The molecule has 1 aromatic carbocycles. The van der Waals surface area contributed by atoms with Crippen LogP contribution in [0.4, 0.5) is 0 Å². The normalized spacial score (nSPS) is 8.89. The van der Waals surface area contributed by atoms with Crippen molar-refractivity contribution in [2.75, 3.05) is 13.2 Å². The molecule has 92 valence electrons. The highest BCUT2D eigenvalue weighted by Gasteiger charge is 2.04. The maximum atomic E-state index is 5.50. The van der Waals surface area contributed by atoms with E-state index in [1.165, 1.54) is 5.57 Å². The Bertz CT molecular complexity index is 509. The Hall–Kier alpha value is -2.32. The molecule has 0 atom stereocenters. The lowest BCUT2D eigenvalue weighted by Crippen LogP contribution is -1.98. The zero-order valence-electron chi connectivity index (χ0n) is 10.7. The van der Waals surface area contributed by atoms with Crippen LogP contribution < -0.4 is 9.47 Å². The maximum absolute atomic E-state index is 5.50. The Morgan fingerprint density at radius 1 is 1.17 bits per heavy atom. The topological polar surface area (TPSA) is 18.5 Å². The van der Waals surface area contributed by atoms with Crippen LogP contribution in [0.15, 0.2) is 23.8 Å². The number of allylic oxidation sites excluding steroid dienone is 1. The fraction of sp³-hybridized carbons (Fsp3) is 0.250. The van der Waals surface area contributed by atoms with Crippen LogP contribution in [0.2, 0.25) is 0 Å². The minimum atomic E-state index is 0.224. The van der Waals surface area contributed by atoms with Gasteiger partial charge in [0.15, 0.2) is 0 Å². The highest BCUT2D eigenvalue weighted by molar-refractivity contribution is 5.61. The molecule has 18 heavy (non-hydrogen) atoms. The summed E-state index contributed by atoms with van der Waals surface area (Å²) in [5.41, 5.74) is 2.15. The number of benzene rings is 1. The minimum absolute atomic E-state index is 0.224. The summed E-state index contributed by atoms with van der Waals surface area (Å²) in [4.78, 5) is 0. The summed E-state index contributed by atoms with van der Waals surface area (Å²) < 4.78 is 10.8. The number of hydrogen-bond acceptors (Lipinski definition) is 2. The van der Waals surface area contributed by atoms with Gasteiger partial charge in [-0.15, -0.1) is 12.8 Å². The van der Waals surface area contributed by atoms with E-state index < -0.39 is 0 Å². The summed E-state index contributed by atoms with van der Waals surface area (Å²) in [5.74, 6) is 6.23. The van der Waals surface area contributed by atoms with E-state index >= 15 is 0 Å². The minimum Gasteiger partial charge on any atom is -0.481 e. The lowest BCUT2D eigenvalue weighted by Gasteiger charge is -2.10. The van der Waals surface area contributed by atoms with Crippen LogP contribution in [0.25, 0.3) is 6.08 Å². The van der Waals surface area contributed by atoms with Gasteiger partial charge < -0.3 is 9.47 Å². The van der Waals surface area contributed by atoms with Crippen LogP contribution in [-0.4, -0.2) is 13.2 Å². The second-order valence-electron chi connectivity index (χ2n) is 3.91. The zero-order valence-corrected chi connectivity index (χ0v) is 10.7. The first kappa shape index (κ1) is 13.7. The van der Waals surface area contributed by atoms with Gasteiger partial charge in [-0.2, -0.15) is 0 Å². The van der Waals surface area contributed by atoms with Gasteiger partial charge in [-0.3, -0.25) is 0 Å². The van der Waals surface area contributed by atoms with E-state index in [0.717, 1.165) is 5.56 Å². The number of terminal acetylenes is 2. The second-order valence-corrected chi connectivity index (χ2v) is 3.91. The van der Waals surface area contributed by atoms with Crippen molar-refractivity contribution in [3.8, 4) is 36.2 Å². The molecule has 0 unspecified atom stereocenters. The molecule has 0 N–H and O–H groups in total. The summed E-state index contributed by atoms with van der Waals surface area (Å²) in [5, 5.41) is 0. The Kier molecular flexibility index (Phi) is 5.42. The van der Waals surface area contributed by atoms with E-state index in [2.05, 4.69) is 11.8 Å². The molecule has 0 saturated carbocycles. The molecule has 0 saturated heterocycles. The summed E-state index contributed by atoms with van der Waals surface area (Å²) in [6.07, 6.45) is 12.4. The zero-order chi connectivity index (χ0) is 13.4. The maximum Gasteiger partial charge on any atom is 0.148 e. The van der Waals surface area contributed by atoms with Gasteiger partial charge in [0.25, 0.3) is 0 Å². The quantitative estimate of drug-likeness (QED) is 0.736. The van der Waals surface area contributed by atoms with Crippen LogP contribution in [-0.2, 0) is 0 Å². The molecule has 0 bridgehead atoms. The van der Waals surface area contributed by atoms with Crippen LogP contribution in [0, 0.1) is 24.7 Å². The smallest absolute Gasteiger partial charge is 0.148 e. The van der Waals surface area contributed by atoms with Gasteiger partial charge in [0.1, 0.15) is 24.7 Å². The van der Waals surface area contributed by atoms with E-state index in [-0.39, 0.29) is 13.2 Å².